The van der Waals surface area contributed by atoms with E-state index in [9.17, 15) is 8.78 Å². The lowest BCUT2D eigenvalue weighted by Gasteiger charge is -2.48. The van der Waals surface area contributed by atoms with Gasteiger partial charge in [0.15, 0.2) is 0 Å². The fraction of sp³-hybridized carbons (Fsp3) is 0.625. The zero-order chi connectivity index (χ0) is 15.6. The zero-order valence-corrected chi connectivity index (χ0v) is 13.0. The van der Waals surface area contributed by atoms with Crippen LogP contribution >= 0.6 is 0 Å². The normalized spacial score (nSPS) is 21.7. The van der Waals surface area contributed by atoms with Gasteiger partial charge in [0.25, 0.3) is 6.43 Å². The van der Waals surface area contributed by atoms with Gasteiger partial charge in [0.1, 0.15) is 0 Å². The standard InChI is InChI=1S/C16H25F2N3/c1-16(2)11-21(9-8-20(16)3)14(10-19)12-4-6-13(7-5-12)15(17)18/h4-7,14-15H,8-11,19H2,1-3H3. The second-order valence-corrected chi connectivity index (χ2v) is 6.42. The molecule has 1 atom stereocenters. The van der Waals surface area contributed by atoms with Crippen LogP contribution in [0, 0.1) is 0 Å². The number of halogens is 2. The molecule has 0 aromatic heterocycles. The van der Waals surface area contributed by atoms with Crippen LogP contribution in [0.4, 0.5) is 8.78 Å². The summed E-state index contributed by atoms with van der Waals surface area (Å²) in [7, 11) is 2.13. The van der Waals surface area contributed by atoms with E-state index in [4.69, 9.17) is 5.73 Å². The lowest BCUT2D eigenvalue weighted by atomic mass is 9.95. The Morgan fingerprint density at radius 2 is 1.71 bits per heavy atom. The number of rotatable bonds is 4. The molecule has 0 spiro atoms. The Bertz CT molecular complexity index is 459. The van der Waals surface area contributed by atoms with Crippen molar-refractivity contribution in [2.75, 3.05) is 33.2 Å². The average molecular weight is 297 g/mol. The quantitative estimate of drug-likeness (QED) is 0.927. The van der Waals surface area contributed by atoms with Crippen LogP contribution in [0.5, 0.6) is 0 Å². The van der Waals surface area contributed by atoms with Crippen LogP contribution < -0.4 is 5.73 Å². The van der Waals surface area contributed by atoms with Crippen LogP contribution in [-0.2, 0) is 0 Å². The minimum Gasteiger partial charge on any atom is -0.329 e. The van der Waals surface area contributed by atoms with Crippen molar-refractivity contribution in [2.45, 2.75) is 31.9 Å². The van der Waals surface area contributed by atoms with E-state index >= 15 is 0 Å². The Morgan fingerprint density at radius 1 is 1.14 bits per heavy atom. The van der Waals surface area contributed by atoms with E-state index in [2.05, 4.69) is 30.7 Å². The molecule has 1 aromatic carbocycles. The molecule has 0 amide bonds. The van der Waals surface area contributed by atoms with Gasteiger partial charge in [-0.1, -0.05) is 24.3 Å². The largest absolute Gasteiger partial charge is 0.329 e. The second kappa shape index (κ2) is 6.38. The number of hydrogen-bond donors (Lipinski definition) is 1. The van der Waals surface area contributed by atoms with Crippen molar-refractivity contribution in [3.05, 3.63) is 35.4 Å². The van der Waals surface area contributed by atoms with Gasteiger partial charge in [-0.05, 0) is 26.5 Å². The van der Waals surface area contributed by atoms with Gasteiger partial charge in [0, 0.05) is 43.3 Å². The van der Waals surface area contributed by atoms with Gasteiger partial charge in [0.05, 0.1) is 0 Å². The third-order valence-electron chi connectivity index (χ3n) is 4.58. The van der Waals surface area contributed by atoms with Gasteiger partial charge in [-0.3, -0.25) is 9.80 Å². The van der Waals surface area contributed by atoms with E-state index in [0.717, 1.165) is 25.2 Å². The first-order chi connectivity index (χ1) is 9.85. The first-order valence-corrected chi connectivity index (χ1v) is 7.38. The summed E-state index contributed by atoms with van der Waals surface area (Å²) in [4.78, 5) is 4.70. The van der Waals surface area contributed by atoms with Gasteiger partial charge in [0.2, 0.25) is 0 Å². The molecule has 1 aliphatic heterocycles. The van der Waals surface area contributed by atoms with E-state index in [1.807, 2.05) is 0 Å². The van der Waals surface area contributed by atoms with Gasteiger partial charge in [-0.2, -0.15) is 0 Å². The van der Waals surface area contributed by atoms with Crippen LogP contribution in [0.15, 0.2) is 24.3 Å². The molecular formula is C16H25F2N3. The Morgan fingerprint density at radius 3 is 2.19 bits per heavy atom. The molecule has 0 bridgehead atoms. The van der Waals surface area contributed by atoms with Crippen LogP contribution in [0.3, 0.4) is 0 Å². The summed E-state index contributed by atoms with van der Waals surface area (Å²) < 4.78 is 25.3. The van der Waals surface area contributed by atoms with Gasteiger partial charge >= 0.3 is 0 Å². The summed E-state index contributed by atoms with van der Waals surface area (Å²) in [6, 6.07) is 6.66. The fourth-order valence-corrected chi connectivity index (χ4v) is 2.90. The van der Waals surface area contributed by atoms with Crippen molar-refractivity contribution in [2.24, 2.45) is 5.73 Å². The summed E-state index contributed by atoms with van der Waals surface area (Å²) in [5, 5.41) is 0. The highest BCUT2D eigenvalue weighted by atomic mass is 19.3. The lowest BCUT2D eigenvalue weighted by molar-refractivity contribution is 0.0180. The van der Waals surface area contributed by atoms with E-state index in [1.165, 1.54) is 12.1 Å². The van der Waals surface area contributed by atoms with Crippen LogP contribution in [0.2, 0.25) is 0 Å². The summed E-state index contributed by atoms with van der Waals surface area (Å²) in [5.74, 6) is 0. The molecule has 21 heavy (non-hydrogen) atoms. The first-order valence-electron chi connectivity index (χ1n) is 7.38. The van der Waals surface area contributed by atoms with Crippen LogP contribution in [-0.4, -0.2) is 48.6 Å². The lowest BCUT2D eigenvalue weighted by Crippen LogP contribution is -2.58. The smallest absolute Gasteiger partial charge is 0.263 e. The highest BCUT2D eigenvalue weighted by Gasteiger charge is 2.34. The summed E-state index contributed by atoms with van der Waals surface area (Å²) in [6.45, 7) is 7.77. The second-order valence-electron chi connectivity index (χ2n) is 6.42. The van der Waals surface area contributed by atoms with Crippen LogP contribution in [0.1, 0.15) is 37.4 Å². The maximum Gasteiger partial charge on any atom is 0.263 e. The molecule has 0 saturated carbocycles. The van der Waals surface area contributed by atoms with Gasteiger partial charge in [-0.25, -0.2) is 8.78 Å². The predicted octanol–water partition coefficient (Wildman–Crippen LogP) is 2.65. The third-order valence-corrected chi connectivity index (χ3v) is 4.58. The topological polar surface area (TPSA) is 32.5 Å². The fourth-order valence-electron chi connectivity index (χ4n) is 2.90. The number of alkyl halides is 2. The molecule has 0 radical (unpaired) electrons. The van der Waals surface area contributed by atoms with E-state index in [0.29, 0.717) is 6.54 Å². The molecular weight excluding hydrogens is 272 g/mol. The average Bonchev–Trinajstić information content (AvgIpc) is 2.44. The van der Waals surface area contributed by atoms with Crippen molar-refractivity contribution in [3.63, 3.8) is 0 Å². The van der Waals surface area contributed by atoms with Crippen molar-refractivity contribution in [1.82, 2.24) is 9.80 Å². The summed E-state index contributed by atoms with van der Waals surface area (Å²) in [6.07, 6.45) is -2.42. The first kappa shape index (κ1) is 16.3. The number of hydrogen-bond acceptors (Lipinski definition) is 3. The van der Waals surface area contributed by atoms with E-state index < -0.39 is 6.43 Å². The maximum absolute atomic E-state index is 12.6. The van der Waals surface area contributed by atoms with E-state index in [-0.39, 0.29) is 17.1 Å². The van der Waals surface area contributed by atoms with Crippen molar-refractivity contribution >= 4 is 0 Å². The van der Waals surface area contributed by atoms with Crippen LogP contribution in [0.25, 0.3) is 0 Å². The Balaban J connectivity index is 2.16. The van der Waals surface area contributed by atoms with Crippen molar-refractivity contribution in [3.8, 4) is 0 Å². The van der Waals surface area contributed by atoms with Crippen molar-refractivity contribution < 1.29 is 8.78 Å². The predicted molar refractivity (Wildman–Crippen MR) is 81.5 cm³/mol. The number of piperazine rings is 1. The zero-order valence-electron chi connectivity index (χ0n) is 13.0. The number of benzene rings is 1. The molecule has 1 saturated heterocycles. The molecule has 2 rings (SSSR count). The maximum atomic E-state index is 12.6. The summed E-state index contributed by atoms with van der Waals surface area (Å²) in [5.41, 5.74) is 7.12. The molecule has 1 aromatic rings. The Kier molecular flexibility index (Phi) is 4.96. The number of likely N-dealkylation sites (N-methyl/N-ethyl adjacent to an activating group) is 1. The molecule has 1 heterocycles. The minimum absolute atomic E-state index is 0.0632. The molecule has 1 unspecified atom stereocenters. The molecule has 3 nitrogen and oxygen atoms in total. The highest BCUT2D eigenvalue weighted by Crippen LogP contribution is 2.28. The molecule has 2 N–H and O–H groups in total. The molecule has 5 heteroatoms. The SMILES string of the molecule is CN1CCN(C(CN)c2ccc(C(F)F)cc2)CC1(C)C. The molecule has 0 aliphatic carbocycles. The molecule has 118 valence electrons. The Labute approximate surface area is 125 Å². The van der Waals surface area contributed by atoms with Gasteiger partial charge < -0.3 is 5.73 Å². The van der Waals surface area contributed by atoms with E-state index in [1.54, 1.807) is 12.1 Å². The Hall–Kier alpha value is -1.04. The monoisotopic (exact) mass is 297 g/mol. The number of nitrogens with two attached hydrogens (primary N) is 1. The third kappa shape index (κ3) is 3.59. The van der Waals surface area contributed by atoms with Crippen molar-refractivity contribution in [1.29, 1.82) is 0 Å². The minimum atomic E-state index is -2.42. The molecule has 1 fully saturated rings. The summed E-state index contributed by atoms with van der Waals surface area (Å²) >= 11 is 0. The molecule has 1 aliphatic rings. The van der Waals surface area contributed by atoms with Gasteiger partial charge in [-0.15, -0.1) is 0 Å². The highest BCUT2D eigenvalue weighted by molar-refractivity contribution is 5.26. The number of nitrogens with zero attached hydrogens (tertiary/aromatic N) is 2.